The molecule has 1 fully saturated rings. The zero-order chi connectivity index (χ0) is 25.6. The first-order valence-corrected chi connectivity index (χ1v) is 13.4. The van der Waals surface area contributed by atoms with Gasteiger partial charge in [-0.25, -0.2) is 18.0 Å². The average molecular weight is 551 g/mol. The molecule has 22 heteroatoms. The quantitative estimate of drug-likeness (QED) is 0.135. The lowest BCUT2D eigenvalue weighted by molar-refractivity contribution is -0.746. The number of aryl methyl sites for hydroxylation is 1. The maximum atomic E-state index is 12.2. The Bertz CT molecular complexity index is 1270. The summed E-state index contributed by atoms with van der Waals surface area (Å²) in [5.74, 6) is -0.208. The summed E-state index contributed by atoms with van der Waals surface area (Å²) in [6.45, 7) is -0.976. The Morgan fingerprint density at radius 2 is 1.97 bits per heavy atom. The van der Waals surface area contributed by atoms with Crippen LogP contribution in [-0.4, -0.2) is 66.4 Å². The molecule has 3 rings (SSSR count). The molecule has 7 N–H and O–H groups in total. The molecule has 0 spiro atoms. The summed E-state index contributed by atoms with van der Waals surface area (Å²) in [5.41, 5.74) is 5.19. The molecular weight excluding hydrogens is 531 g/mol. The summed E-state index contributed by atoms with van der Waals surface area (Å²) in [6, 6.07) is 0. The minimum Gasteiger partial charge on any atom is -0.756 e. The van der Waals surface area contributed by atoms with E-state index in [9.17, 15) is 28.5 Å². The van der Waals surface area contributed by atoms with E-state index in [1.54, 1.807) is 0 Å². The van der Waals surface area contributed by atoms with Crippen molar-refractivity contribution < 1.29 is 65.6 Å². The summed E-state index contributed by atoms with van der Waals surface area (Å²) < 4.78 is 58.9. The molecule has 2 unspecified atom stereocenters. The first kappa shape index (κ1) is 27.0. The van der Waals surface area contributed by atoms with Crippen LogP contribution in [0.2, 0.25) is 0 Å². The molecule has 0 aromatic carbocycles. The Morgan fingerprint density at radius 3 is 2.56 bits per heavy atom. The molecule has 3 heterocycles. The third-order valence-electron chi connectivity index (χ3n) is 4.46. The van der Waals surface area contributed by atoms with Crippen molar-refractivity contribution in [1.82, 2.24) is 14.5 Å². The van der Waals surface area contributed by atoms with E-state index in [0.717, 1.165) is 0 Å². The van der Waals surface area contributed by atoms with Gasteiger partial charge in [-0.15, -0.1) is 0 Å². The van der Waals surface area contributed by atoms with Crippen molar-refractivity contribution >= 4 is 40.6 Å². The van der Waals surface area contributed by atoms with Crippen LogP contribution < -0.4 is 20.8 Å². The van der Waals surface area contributed by atoms with Gasteiger partial charge in [0.2, 0.25) is 11.7 Å². The highest BCUT2D eigenvalue weighted by Gasteiger charge is 2.49. The lowest BCUT2D eigenvalue weighted by Gasteiger charge is -2.26. The minimum atomic E-state index is -5.78. The van der Waals surface area contributed by atoms with Crippen LogP contribution in [-0.2, 0) is 43.4 Å². The van der Waals surface area contributed by atoms with Crippen molar-refractivity contribution in [3.63, 3.8) is 0 Å². The molecule has 1 aliphatic heterocycles. The topological polar surface area (TPSA) is 282 Å². The number of nitrogens with zero attached hydrogens (tertiary/aromatic N) is 3. The second kappa shape index (κ2) is 9.48. The van der Waals surface area contributed by atoms with E-state index in [1.165, 1.54) is 29.6 Å². The number of anilines is 1. The minimum absolute atomic E-state index is 0.0539. The summed E-state index contributed by atoms with van der Waals surface area (Å²) in [5, 5.41) is 10.5. The normalized spacial score (nSPS) is 27.0. The van der Waals surface area contributed by atoms with Crippen LogP contribution in [0.1, 0.15) is 6.23 Å². The second-order valence-corrected chi connectivity index (χ2v) is 11.3. The molecule has 1 aliphatic rings. The average Bonchev–Trinajstić information content (AvgIpc) is 3.13. The van der Waals surface area contributed by atoms with Crippen LogP contribution >= 0.6 is 23.5 Å². The molecule has 0 radical (unpaired) electrons. The van der Waals surface area contributed by atoms with E-state index < -0.39 is 60.2 Å². The predicted octanol–water partition coefficient (Wildman–Crippen LogP) is -2.88. The van der Waals surface area contributed by atoms with Gasteiger partial charge in [-0.3, -0.25) is 18.9 Å². The predicted molar refractivity (Wildman–Crippen MR) is 104 cm³/mol. The maximum absolute atomic E-state index is 12.2. The molecule has 19 nitrogen and oxygen atoms in total. The van der Waals surface area contributed by atoms with Gasteiger partial charge in [0.25, 0.3) is 19.3 Å². The number of aliphatic hydroxyl groups is 1. The molecule has 0 saturated carbocycles. The lowest BCUT2D eigenvalue weighted by atomic mass is 10.1. The maximum Gasteiger partial charge on any atom is 0.487 e. The smallest absolute Gasteiger partial charge is 0.487 e. The number of nitrogen functional groups attached to an aromatic ring is 1. The number of phosphoric acid groups is 3. The standard InChI is InChI=1S/C12H20N5O14P3/c1-16-4-17(9-6(16)10(19)15-12(13)14-9)11-8(27-2)7(18)5(29-11)3-28-33(23,24)31-34(25,26)30-32(20,21)22/h4-5,7-8,11,18H,3H2,1-2H3,(H6-,13,14,15,19,20,21,22,23,24,25,26)/t5-,7-,8-,11-/m1/s1. The van der Waals surface area contributed by atoms with Crippen molar-refractivity contribution in [2.45, 2.75) is 24.5 Å². The number of hydrogen-bond acceptors (Lipinski definition) is 13. The summed E-state index contributed by atoms with van der Waals surface area (Å²) in [7, 11) is -14.3. The molecule has 0 aliphatic carbocycles. The number of nitrogens with one attached hydrogen (secondary N) is 1. The molecule has 34 heavy (non-hydrogen) atoms. The third-order valence-corrected chi connectivity index (χ3v) is 8.23. The fourth-order valence-corrected chi connectivity index (χ4v) is 6.25. The van der Waals surface area contributed by atoms with Crippen molar-refractivity contribution in [2.24, 2.45) is 7.05 Å². The number of phosphoric ester groups is 1. The van der Waals surface area contributed by atoms with Gasteiger partial charge < -0.3 is 44.4 Å². The van der Waals surface area contributed by atoms with Crippen LogP contribution in [0.3, 0.4) is 0 Å². The molecule has 192 valence electrons. The number of imidazole rings is 1. The lowest BCUT2D eigenvalue weighted by Crippen LogP contribution is -2.47. The first-order chi connectivity index (χ1) is 15.5. The van der Waals surface area contributed by atoms with Gasteiger partial charge in [0, 0.05) is 7.11 Å². The van der Waals surface area contributed by atoms with Crippen molar-refractivity contribution in [3.05, 3.63) is 16.7 Å². The number of ether oxygens (including phenoxy) is 2. The largest absolute Gasteiger partial charge is 0.756 e. The van der Waals surface area contributed by atoms with E-state index in [1.807, 2.05) is 0 Å². The first-order valence-electron chi connectivity index (χ1n) is 8.92. The van der Waals surface area contributed by atoms with Crippen molar-refractivity contribution in [1.29, 1.82) is 0 Å². The van der Waals surface area contributed by atoms with Crippen LogP contribution in [0.5, 0.6) is 0 Å². The fourth-order valence-electron chi connectivity index (χ4n) is 3.25. The molecule has 6 atom stereocenters. The van der Waals surface area contributed by atoms with Gasteiger partial charge in [-0.05, 0) is 0 Å². The van der Waals surface area contributed by atoms with Crippen molar-refractivity contribution in [3.8, 4) is 0 Å². The van der Waals surface area contributed by atoms with Crippen LogP contribution in [0, 0.1) is 0 Å². The number of fused-ring (bicyclic) bond motifs is 1. The van der Waals surface area contributed by atoms with Crippen LogP contribution in [0.25, 0.3) is 11.2 Å². The Morgan fingerprint density at radius 1 is 1.32 bits per heavy atom. The number of aromatic amines is 1. The molecule has 2 aromatic heterocycles. The highest BCUT2D eigenvalue weighted by molar-refractivity contribution is 7.66. The van der Waals surface area contributed by atoms with Crippen LogP contribution in [0.15, 0.2) is 11.1 Å². The number of aromatic nitrogens is 4. The van der Waals surface area contributed by atoms with Gasteiger partial charge in [-0.1, -0.05) is 4.98 Å². The molecule has 0 bridgehead atoms. The molecular formula is C12H20N5O14P3. The Labute approximate surface area is 189 Å². The van der Waals surface area contributed by atoms with E-state index in [4.69, 9.17) is 29.9 Å². The second-order valence-electron chi connectivity index (χ2n) is 6.88. The number of rotatable bonds is 9. The SMILES string of the molecule is CO[C@@H]1[C@H](O)[C@@H](COP(=O)([O-])OP(=O)(O)OP(=O)(O)O)O[C@H]1[n+]1cn(C)c2c(=O)[nH]c(N)nc21. The van der Waals surface area contributed by atoms with Gasteiger partial charge in [-0.2, -0.15) is 4.31 Å². The summed E-state index contributed by atoms with van der Waals surface area (Å²) in [4.78, 5) is 56.6. The summed E-state index contributed by atoms with van der Waals surface area (Å²) >= 11 is 0. The van der Waals surface area contributed by atoms with Gasteiger partial charge in [0.05, 0.1) is 13.7 Å². The van der Waals surface area contributed by atoms with Gasteiger partial charge in [0.1, 0.15) is 18.3 Å². The van der Waals surface area contributed by atoms with Crippen molar-refractivity contribution in [2.75, 3.05) is 19.5 Å². The van der Waals surface area contributed by atoms with E-state index in [2.05, 4.69) is 23.1 Å². The van der Waals surface area contributed by atoms with E-state index in [0.29, 0.717) is 0 Å². The van der Waals surface area contributed by atoms with Gasteiger partial charge >= 0.3 is 21.3 Å². The van der Waals surface area contributed by atoms with E-state index in [-0.39, 0.29) is 17.1 Å². The van der Waals surface area contributed by atoms with E-state index >= 15 is 0 Å². The highest BCUT2D eigenvalue weighted by Crippen LogP contribution is 2.65. The monoisotopic (exact) mass is 551 g/mol. The number of H-pyrrole nitrogens is 1. The number of methoxy groups -OCH3 is 1. The zero-order valence-electron chi connectivity index (χ0n) is 17.2. The fraction of sp³-hybridized carbons (Fsp3) is 0.583. The zero-order valence-corrected chi connectivity index (χ0v) is 19.9. The Balaban J connectivity index is 1.80. The van der Waals surface area contributed by atoms with Gasteiger partial charge in [0.15, 0.2) is 6.33 Å². The summed E-state index contributed by atoms with van der Waals surface area (Å²) in [6.07, 6.45) is -3.87. The molecule has 1 saturated heterocycles. The Kier molecular flexibility index (Phi) is 7.54. The molecule has 0 amide bonds. The van der Waals surface area contributed by atoms with Crippen LogP contribution in [0.4, 0.5) is 5.95 Å². The number of aliphatic hydroxyl groups excluding tert-OH is 1. The highest BCUT2D eigenvalue weighted by atomic mass is 31.3. The third kappa shape index (κ3) is 5.98. The number of hydrogen-bond donors (Lipinski definition) is 6. The molecule has 2 aromatic rings. The Hall–Kier alpha value is -1.56. The number of nitrogens with two attached hydrogens (primary N) is 1.